The predicted octanol–water partition coefficient (Wildman–Crippen LogP) is 5.99. The van der Waals surface area contributed by atoms with Crippen molar-refractivity contribution < 1.29 is 23.9 Å². The predicted molar refractivity (Wildman–Crippen MR) is 133 cm³/mol. The number of benzene rings is 4. The third kappa shape index (κ3) is 4.07. The molecule has 0 unspecified atom stereocenters. The lowest BCUT2D eigenvalue weighted by Crippen LogP contribution is -2.29. The van der Waals surface area contributed by atoms with Crippen LogP contribution in [0.4, 0.5) is 5.69 Å². The van der Waals surface area contributed by atoms with Crippen LogP contribution in [0.25, 0.3) is 10.8 Å². The van der Waals surface area contributed by atoms with E-state index in [4.69, 9.17) is 27.9 Å². The summed E-state index contributed by atoms with van der Waals surface area (Å²) in [6.07, 6.45) is 0. The molecule has 0 fully saturated rings. The lowest BCUT2D eigenvalue weighted by Gasteiger charge is -2.14. The van der Waals surface area contributed by atoms with Gasteiger partial charge in [-0.1, -0.05) is 65.7 Å². The third-order valence-electron chi connectivity index (χ3n) is 5.71. The van der Waals surface area contributed by atoms with Crippen molar-refractivity contribution in [3.8, 4) is 0 Å². The summed E-state index contributed by atoms with van der Waals surface area (Å²) in [6.45, 7) is -0.422. The third-order valence-corrected chi connectivity index (χ3v) is 6.44. The molecule has 6 nitrogen and oxygen atoms in total. The van der Waals surface area contributed by atoms with Crippen LogP contribution in [0.2, 0.25) is 10.0 Å². The van der Waals surface area contributed by atoms with Crippen LogP contribution in [-0.2, 0) is 4.74 Å². The van der Waals surface area contributed by atoms with Crippen LogP contribution in [0.1, 0.15) is 41.4 Å². The fourth-order valence-corrected chi connectivity index (χ4v) is 4.30. The quantitative estimate of drug-likeness (QED) is 0.190. The first-order valence-corrected chi connectivity index (χ1v) is 11.3. The van der Waals surface area contributed by atoms with Gasteiger partial charge in [0.05, 0.1) is 32.4 Å². The van der Waals surface area contributed by atoms with E-state index in [1.807, 2.05) is 30.3 Å². The Morgan fingerprint density at radius 1 is 0.771 bits per heavy atom. The number of carbonyl (C=O) groups is 4. The molecular weight excluding hydrogens is 489 g/mol. The second kappa shape index (κ2) is 8.98. The molecule has 172 valence electrons. The molecule has 8 heteroatoms. The van der Waals surface area contributed by atoms with E-state index in [0.717, 1.165) is 15.7 Å². The number of anilines is 1. The maximum absolute atomic E-state index is 12.8. The van der Waals surface area contributed by atoms with E-state index in [1.54, 1.807) is 12.1 Å². The van der Waals surface area contributed by atoms with Crippen LogP contribution in [0, 0.1) is 0 Å². The highest BCUT2D eigenvalue weighted by Crippen LogP contribution is 2.34. The van der Waals surface area contributed by atoms with Gasteiger partial charge in [0.15, 0.2) is 6.61 Å². The Morgan fingerprint density at radius 2 is 1.37 bits per heavy atom. The molecule has 0 aliphatic carbocycles. The van der Waals surface area contributed by atoms with Gasteiger partial charge in [-0.05, 0) is 47.2 Å². The molecular formula is C27H15Cl2NO5. The van der Waals surface area contributed by atoms with Crippen LogP contribution in [0.5, 0.6) is 0 Å². The van der Waals surface area contributed by atoms with Crippen LogP contribution < -0.4 is 4.90 Å². The second-order valence-electron chi connectivity index (χ2n) is 7.83. The molecule has 0 radical (unpaired) electrons. The van der Waals surface area contributed by atoms with Crippen LogP contribution >= 0.6 is 23.2 Å². The molecule has 0 atom stereocenters. The number of imide groups is 1. The number of nitrogens with zero attached hydrogens (tertiary/aromatic N) is 1. The summed E-state index contributed by atoms with van der Waals surface area (Å²) in [6, 6.07) is 21.3. The Hall–Kier alpha value is -4.00. The van der Waals surface area contributed by atoms with Gasteiger partial charge in [-0.3, -0.25) is 14.4 Å². The minimum Gasteiger partial charge on any atom is -0.454 e. The average molecular weight is 504 g/mol. The molecule has 2 amide bonds. The zero-order valence-electron chi connectivity index (χ0n) is 18.0. The van der Waals surface area contributed by atoms with Gasteiger partial charge in [0.2, 0.25) is 5.78 Å². The number of ketones is 1. The summed E-state index contributed by atoms with van der Waals surface area (Å²) in [5, 5.41) is 2.04. The number of hydrogen-bond donors (Lipinski definition) is 0. The maximum atomic E-state index is 12.8. The minimum atomic E-state index is -0.703. The highest BCUT2D eigenvalue weighted by molar-refractivity contribution is 6.44. The molecule has 4 aromatic rings. The van der Waals surface area contributed by atoms with Crippen LogP contribution in [0.3, 0.4) is 0 Å². The Kier molecular flexibility index (Phi) is 5.84. The number of ether oxygens (including phenoxy) is 1. The maximum Gasteiger partial charge on any atom is 0.338 e. The molecule has 35 heavy (non-hydrogen) atoms. The van der Waals surface area contributed by atoms with Crippen molar-refractivity contribution in [3.05, 3.63) is 111 Å². The van der Waals surface area contributed by atoms with Gasteiger partial charge in [-0.25, -0.2) is 9.69 Å². The first-order valence-electron chi connectivity index (χ1n) is 10.5. The van der Waals surface area contributed by atoms with Crippen molar-refractivity contribution >= 4 is 63.2 Å². The number of halogens is 2. The summed E-state index contributed by atoms with van der Waals surface area (Å²) in [5.74, 6) is -2.11. The lowest BCUT2D eigenvalue weighted by molar-refractivity contribution is 0.0475. The molecule has 0 spiro atoms. The molecule has 1 aliphatic heterocycles. The average Bonchev–Trinajstić information content (AvgIpc) is 3.11. The Bertz CT molecular complexity index is 1500. The van der Waals surface area contributed by atoms with E-state index < -0.39 is 24.4 Å². The monoisotopic (exact) mass is 503 g/mol. The largest absolute Gasteiger partial charge is 0.454 e. The first kappa shape index (κ1) is 22.8. The number of Topliss-reactive ketones (excluding diaryl/α,β-unsaturated/α-hetero) is 1. The molecule has 0 saturated heterocycles. The standard InChI is InChI=1S/C27H15Cl2NO5/c28-22-12-20-21(13-23(22)29)26(33)30(25(20)32)17-10-8-16(9-11-17)27(34)35-14-24(31)19-7-3-5-15-4-1-2-6-18(15)19/h1-13H,14H2. The zero-order chi connectivity index (χ0) is 24.7. The zero-order valence-corrected chi connectivity index (χ0v) is 19.5. The molecule has 0 aromatic heterocycles. The number of amides is 2. The number of esters is 1. The number of fused-ring (bicyclic) bond motifs is 2. The van der Waals surface area contributed by atoms with Gasteiger partial charge < -0.3 is 4.74 Å². The lowest BCUT2D eigenvalue weighted by atomic mass is 10.0. The molecule has 0 N–H and O–H groups in total. The van der Waals surface area contributed by atoms with E-state index >= 15 is 0 Å². The first-order chi connectivity index (χ1) is 16.8. The van der Waals surface area contributed by atoms with Crippen molar-refractivity contribution in [1.82, 2.24) is 0 Å². The van der Waals surface area contributed by atoms with Crippen molar-refractivity contribution in [1.29, 1.82) is 0 Å². The highest BCUT2D eigenvalue weighted by atomic mass is 35.5. The van der Waals surface area contributed by atoms with Gasteiger partial charge in [0.1, 0.15) is 0 Å². The number of rotatable bonds is 5. The molecule has 1 heterocycles. The topological polar surface area (TPSA) is 80.8 Å². The number of carbonyl (C=O) groups excluding carboxylic acids is 4. The van der Waals surface area contributed by atoms with Gasteiger partial charge >= 0.3 is 5.97 Å². The summed E-state index contributed by atoms with van der Waals surface area (Å²) in [4.78, 5) is 51.7. The van der Waals surface area contributed by atoms with Gasteiger partial charge in [0, 0.05) is 5.56 Å². The fraction of sp³-hybridized carbons (Fsp3) is 0.0370. The van der Waals surface area contributed by atoms with Gasteiger partial charge in [-0.15, -0.1) is 0 Å². The summed E-state index contributed by atoms with van der Waals surface area (Å²) in [5.41, 5.74) is 1.21. The second-order valence-corrected chi connectivity index (χ2v) is 8.64. The van der Waals surface area contributed by atoms with E-state index in [2.05, 4.69) is 0 Å². The van der Waals surface area contributed by atoms with E-state index in [1.165, 1.54) is 36.4 Å². The molecule has 4 aromatic carbocycles. The fourth-order valence-electron chi connectivity index (χ4n) is 3.98. The SMILES string of the molecule is O=C(OCC(=O)c1cccc2ccccc12)c1ccc(N2C(=O)c3cc(Cl)c(Cl)cc3C2=O)cc1. The minimum absolute atomic E-state index is 0.153. The van der Waals surface area contributed by atoms with E-state index in [0.29, 0.717) is 5.56 Å². The normalized spacial score (nSPS) is 12.7. The molecule has 0 saturated carbocycles. The Labute approximate surface area is 209 Å². The smallest absolute Gasteiger partial charge is 0.338 e. The number of hydrogen-bond acceptors (Lipinski definition) is 5. The summed E-state index contributed by atoms with van der Waals surface area (Å²) >= 11 is 12.0. The van der Waals surface area contributed by atoms with Crippen LogP contribution in [0.15, 0.2) is 78.9 Å². The van der Waals surface area contributed by atoms with E-state index in [9.17, 15) is 19.2 Å². The summed E-state index contributed by atoms with van der Waals surface area (Å²) in [7, 11) is 0. The Balaban J connectivity index is 1.29. The molecule has 1 aliphatic rings. The van der Waals surface area contributed by atoms with E-state index in [-0.39, 0.29) is 38.2 Å². The van der Waals surface area contributed by atoms with Gasteiger partial charge in [-0.2, -0.15) is 0 Å². The Morgan fingerprint density at radius 3 is 2.03 bits per heavy atom. The van der Waals surface area contributed by atoms with Crippen molar-refractivity contribution in [2.24, 2.45) is 0 Å². The van der Waals surface area contributed by atoms with Crippen molar-refractivity contribution in [2.75, 3.05) is 11.5 Å². The molecule has 5 rings (SSSR count). The summed E-state index contributed by atoms with van der Waals surface area (Å²) < 4.78 is 5.21. The highest BCUT2D eigenvalue weighted by Gasteiger charge is 2.37. The van der Waals surface area contributed by atoms with Crippen molar-refractivity contribution in [3.63, 3.8) is 0 Å². The van der Waals surface area contributed by atoms with Gasteiger partial charge in [0.25, 0.3) is 11.8 Å². The van der Waals surface area contributed by atoms with Crippen molar-refractivity contribution in [2.45, 2.75) is 0 Å². The molecule has 0 bridgehead atoms. The van der Waals surface area contributed by atoms with Crippen LogP contribution in [-0.4, -0.2) is 30.2 Å².